The first-order valence-corrected chi connectivity index (χ1v) is 7.30. The number of hydrogen-bond donors (Lipinski definition) is 1. The van der Waals surface area contributed by atoms with Gasteiger partial charge < -0.3 is 15.1 Å². The molecule has 2 aromatic rings. The van der Waals surface area contributed by atoms with E-state index in [1.807, 2.05) is 4.90 Å². The highest BCUT2D eigenvalue weighted by Crippen LogP contribution is 2.20. The first kappa shape index (κ1) is 15.2. The Morgan fingerprint density at radius 2 is 1.78 bits per heavy atom. The predicted octanol–water partition coefficient (Wildman–Crippen LogP) is 2.71. The van der Waals surface area contributed by atoms with Gasteiger partial charge in [-0.2, -0.15) is 0 Å². The van der Waals surface area contributed by atoms with E-state index < -0.39 is 5.82 Å². The molecule has 23 heavy (non-hydrogen) atoms. The summed E-state index contributed by atoms with van der Waals surface area (Å²) >= 11 is 0. The van der Waals surface area contributed by atoms with Gasteiger partial charge >= 0.3 is 6.03 Å². The van der Waals surface area contributed by atoms with Crippen LogP contribution in [0.4, 0.5) is 25.0 Å². The number of urea groups is 1. The Balaban J connectivity index is 1.60. The summed E-state index contributed by atoms with van der Waals surface area (Å²) in [6, 6.07) is 7.60. The summed E-state index contributed by atoms with van der Waals surface area (Å²) in [4.78, 5) is 19.3. The van der Waals surface area contributed by atoms with Crippen molar-refractivity contribution < 1.29 is 13.6 Å². The fraction of sp³-hybridized carbons (Fsp3) is 0.250. The molecule has 1 aromatic carbocycles. The third-order valence-electron chi connectivity index (χ3n) is 3.77. The predicted molar refractivity (Wildman–Crippen MR) is 83.4 cm³/mol. The molecule has 1 aliphatic heterocycles. The Labute approximate surface area is 132 Å². The molecular weight excluding hydrogens is 302 g/mol. The fourth-order valence-corrected chi connectivity index (χ4v) is 2.53. The van der Waals surface area contributed by atoms with Crippen molar-refractivity contribution in [2.45, 2.75) is 0 Å². The summed E-state index contributed by atoms with van der Waals surface area (Å²) in [6.45, 7) is 1.92. The Morgan fingerprint density at radius 1 is 1.04 bits per heavy atom. The van der Waals surface area contributed by atoms with Crippen LogP contribution in [0.1, 0.15) is 0 Å². The lowest BCUT2D eigenvalue weighted by molar-refractivity contribution is 0.208. The molecule has 120 valence electrons. The normalized spacial score (nSPS) is 14.7. The summed E-state index contributed by atoms with van der Waals surface area (Å²) < 4.78 is 27.3. The van der Waals surface area contributed by atoms with Crippen molar-refractivity contribution in [2.75, 3.05) is 36.4 Å². The van der Waals surface area contributed by atoms with E-state index in [0.29, 0.717) is 31.9 Å². The minimum absolute atomic E-state index is 0.0986. The number of anilines is 2. The van der Waals surface area contributed by atoms with E-state index in [1.54, 1.807) is 23.1 Å². The molecule has 0 radical (unpaired) electrons. The molecule has 0 bridgehead atoms. The van der Waals surface area contributed by atoms with Crippen LogP contribution in [0.2, 0.25) is 0 Å². The van der Waals surface area contributed by atoms with Crippen molar-refractivity contribution in [2.24, 2.45) is 0 Å². The van der Waals surface area contributed by atoms with Crippen LogP contribution in [-0.2, 0) is 0 Å². The Kier molecular flexibility index (Phi) is 4.36. The molecule has 0 spiro atoms. The summed E-state index contributed by atoms with van der Waals surface area (Å²) in [5, 5.41) is 2.53. The molecule has 1 aromatic heterocycles. The number of amides is 2. The second kappa shape index (κ2) is 6.60. The van der Waals surface area contributed by atoms with E-state index in [-0.39, 0.29) is 17.5 Å². The van der Waals surface area contributed by atoms with E-state index in [4.69, 9.17) is 0 Å². The van der Waals surface area contributed by atoms with Crippen LogP contribution in [0, 0.1) is 11.6 Å². The number of piperazine rings is 1. The molecule has 0 atom stereocenters. The van der Waals surface area contributed by atoms with Gasteiger partial charge in [0.15, 0.2) is 5.82 Å². The number of aromatic nitrogens is 1. The molecule has 5 nitrogen and oxygen atoms in total. The minimum atomic E-state index is -0.578. The molecule has 1 N–H and O–H groups in total. The standard InChI is InChI=1S/C16H16F2N4O/c17-12-3-1-2-4-15(12)21-7-9-22(10-8-21)16(23)20-14-5-6-19-11-13(14)18/h1-6,11H,7-10H2,(H,19,20,23). The van der Waals surface area contributed by atoms with Crippen molar-refractivity contribution >= 4 is 17.4 Å². The molecule has 0 saturated carbocycles. The summed E-state index contributed by atoms with van der Waals surface area (Å²) in [7, 11) is 0. The van der Waals surface area contributed by atoms with Crippen LogP contribution in [0.3, 0.4) is 0 Å². The van der Waals surface area contributed by atoms with Gasteiger partial charge in [0.2, 0.25) is 0 Å². The Morgan fingerprint density at radius 3 is 2.48 bits per heavy atom. The van der Waals surface area contributed by atoms with E-state index in [9.17, 15) is 13.6 Å². The molecule has 0 unspecified atom stereocenters. The van der Waals surface area contributed by atoms with Crippen molar-refractivity contribution in [3.63, 3.8) is 0 Å². The number of nitrogens with zero attached hydrogens (tertiary/aromatic N) is 3. The Hall–Kier alpha value is -2.70. The first-order chi connectivity index (χ1) is 11.1. The molecule has 1 fully saturated rings. The highest BCUT2D eigenvalue weighted by atomic mass is 19.1. The quantitative estimate of drug-likeness (QED) is 0.926. The third-order valence-corrected chi connectivity index (χ3v) is 3.77. The topological polar surface area (TPSA) is 48.5 Å². The van der Waals surface area contributed by atoms with Crippen LogP contribution >= 0.6 is 0 Å². The van der Waals surface area contributed by atoms with Gasteiger partial charge in [0.1, 0.15) is 5.82 Å². The number of para-hydroxylation sites is 1. The number of nitrogens with one attached hydrogen (secondary N) is 1. The van der Waals surface area contributed by atoms with Crippen molar-refractivity contribution in [3.05, 3.63) is 54.4 Å². The number of carbonyl (C=O) groups is 1. The van der Waals surface area contributed by atoms with Crippen LogP contribution in [0.25, 0.3) is 0 Å². The molecule has 1 aliphatic rings. The second-order valence-corrected chi connectivity index (χ2v) is 5.21. The van der Waals surface area contributed by atoms with Crippen LogP contribution < -0.4 is 10.2 Å². The molecule has 2 heterocycles. The van der Waals surface area contributed by atoms with Gasteiger partial charge in [-0.15, -0.1) is 0 Å². The van der Waals surface area contributed by atoms with Gasteiger partial charge in [-0.1, -0.05) is 12.1 Å². The zero-order chi connectivity index (χ0) is 16.2. The van der Waals surface area contributed by atoms with Crippen LogP contribution in [0.15, 0.2) is 42.7 Å². The highest BCUT2D eigenvalue weighted by molar-refractivity contribution is 5.89. The SMILES string of the molecule is O=C(Nc1ccncc1F)N1CCN(c2ccccc2F)CC1. The average Bonchev–Trinajstić information content (AvgIpc) is 2.57. The smallest absolute Gasteiger partial charge is 0.322 e. The van der Waals surface area contributed by atoms with Gasteiger partial charge in [-0.25, -0.2) is 13.6 Å². The van der Waals surface area contributed by atoms with Crippen LogP contribution in [-0.4, -0.2) is 42.1 Å². The lowest BCUT2D eigenvalue weighted by Crippen LogP contribution is -2.50. The zero-order valence-corrected chi connectivity index (χ0v) is 12.4. The van der Waals surface area contributed by atoms with Crippen molar-refractivity contribution in [3.8, 4) is 0 Å². The largest absolute Gasteiger partial charge is 0.366 e. The molecular formula is C16H16F2N4O. The van der Waals surface area contributed by atoms with E-state index in [0.717, 1.165) is 6.20 Å². The maximum atomic E-state index is 13.8. The third kappa shape index (κ3) is 3.39. The maximum Gasteiger partial charge on any atom is 0.322 e. The molecule has 3 rings (SSSR count). The number of rotatable bonds is 2. The average molecular weight is 318 g/mol. The lowest BCUT2D eigenvalue weighted by Gasteiger charge is -2.36. The minimum Gasteiger partial charge on any atom is -0.366 e. The van der Waals surface area contributed by atoms with Gasteiger partial charge in [0.05, 0.1) is 17.6 Å². The van der Waals surface area contributed by atoms with Gasteiger partial charge in [0.25, 0.3) is 0 Å². The highest BCUT2D eigenvalue weighted by Gasteiger charge is 2.23. The second-order valence-electron chi connectivity index (χ2n) is 5.21. The van der Waals surface area contributed by atoms with Gasteiger partial charge in [0, 0.05) is 32.4 Å². The number of halogens is 2. The lowest BCUT2D eigenvalue weighted by atomic mass is 10.2. The molecule has 0 aliphatic carbocycles. The van der Waals surface area contributed by atoms with Crippen molar-refractivity contribution in [1.82, 2.24) is 9.88 Å². The van der Waals surface area contributed by atoms with E-state index >= 15 is 0 Å². The van der Waals surface area contributed by atoms with Gasteiger partial charge in [-0.3, -0.25) is 4.98 Å². The summed E-state index contributed by atoms with van der Waals surface area (Å²) in [6.07, 6.45) is 2.46. The van der Waals surface area contributed by atoms with Crippen LogP contribution in [0.5, 0.6) is 0 Å². The zero-order valence-electron chi connectivity index (χ0n) is 12.4. The number of benzene rings is 1. The van der Waals surface area contributed by atoms with E-state index in [1.165, 1.54) is 18.3 Å². The van der Waals surface area contributed by atoms with E-state index in [2.05, 4.69) is 10.3 Å². The first-order valence-electron chi connectivity index (χ1n) is 7.30. The number of carbonyl (C=O) groups excluding carboxylic acids is 1. The molecule has 1 saturated heterocycles. The number of hydrogen-bond acceptors (Lipinski definition) is 3. The molecule has 2 amide bonds. The number of pyridine rings is 1. The maximum absolute atomic E-state index is 13.8. The molecule has 7 heteroatoms. The summed E-state index contributed by atoms with van der Waals surface area (Å²) in [5.74, 6) is -0.852. The summed E-state index contributed by atoms with van der Waals surface area (Å²) in [5.41, 5.74) is 0.634. The fourth-order valence-electron chi connectivity index (χ4n) is 2.53. The monoisotopic (exact) mass is 318 g/mol. The Bertz CT molecular complexity index is 702. The van der Waals surface area contributed by atoms with Crippen molar-refractivity contribution in [1.29, 1.82) is 0 Å². The van der Waals surface area contributed by atoms with Gasteiger partial charge in [-0.05, 0) is 18.2 Å².